The minimum Gasteiger partial charge on any atom is -0.368 e. The summed E-state index contributed by atoms with van der Waals surface area (Å²) >= 11 is 1.64. The highest BCUT2D eigenvalue weighted by Gasteiger charge is 2.23. The van der Waals surface area contributed by atoms with Gasteiger partial charge in [-0.1, -0.05) is 0 Å². The first-order valence-electron chi connectivity index (χ1n) is 5.23. The van der Waals surface area contributed by atoms with Gasteiger partial charge in [0.2, 0.25) is 11.8 Å². The molecule has 0 aliphatic rings. The van der Waals surface area contributed by atoms with Crippen LogP contribution in [-0.2, 0) is 9.59 Å². The number of nitrogens with zero attached hydrogens (tertiary/aromatic N) is 1. The summed E-state index contributed by atoms with van der Waals surface area (Å²) in [5.74, 6) is 0.108. The second-order valence-corrected chi connectivity index (χ2v) is 4.90. The lowest BCUT2D eigenvalue weighted by Crippen LogP contribution is -2.50. The Morgan fingerprint density at radius 2 is 1.94 bits per heavy atom. The summed E-state index contributed by atoms with van der Waals surface area (Å²) < 4.78 is 0. The molecule has 0 aromatic heterocycles. The van der Waals surface area contributed by atoms with Crippen molar-refractivity contribution >= 4 is 23.6 Å². The second-order valence-electron chi connectivity index (χ2n) is 3.91. The normalized spacial score (nSPS) is 12.6. The van der Waals surface area contributed by atoms with E-state index in [9.17, 15) is 9.59 Å². The first kappa shape index (κ1) is 15.2. The molecule has 16 heavy (non-hydrogen) atoms. The van der Waals surface area contributed by atoms with Gasteiger partial charge in [-0.25, -0.2) is 0 Å². The molecule has 0 radical (unpaired) electrons. The average Bonchev–Trinajstić information content (AvgIpc) is 2.20. The summed E-state index contributed by atoms with van der Waals surface area (Å²) in [6.07, 6.45) is 2.57. The molecule has 0 bridgehead atoms. The molecule has 2 amide bonds. The van der Waals surface area contributed by atoms with Crippen molar-refractivity contribution in [3.63, 3.8) is 0 Å². The van der Waals surface area contributed by atoms with Crippen LogP contribution in [0, 0.1) is 0 Å². The van der Waals surface area contributed by atoms with E-state index < -0.39 is 11.9 Å². The lowest BCUT2D eigenvalue weighted by molar-refractivity contribution is -0.138. The molecular formula is C10H21N3O2S. The number of primary amides is 1. The fourth-order valence-corrected chi connectivity index (χ4v) is 1.75. The van der Waals surface area contributed by atoms with E-state index in [-0.39, 0.29) is 18.5 Å². The molecule has 0 aliphatic carbocycles. The SMILES string of the molecule is CSCC[C@@H](N)C(=O)N(CC(N)=O)C(C)C. The number of hydrogen-bond donors (Lipinski definition) is 2. The number of thioether (sulfide) groups is 1. The molecule has 0 aromatic carbocycles. The van der Waals surface area contributed by atoms with Crippen LogP contribution in [0.1, 0.15) is 20.3 Å². The molecule has 5 nitrogen and oxygen atoms in total. The third kappa shape index (κ3) is 5.37. The number of carbonyl (C=O) groups is 2. The summed E-state index contributed by atoms with van der Waals surface area (Å²) in [5.41, 5.74) is 10.9. The Labute approximate surface area is 101 Å². The third-order valence-corrected chi connectivity index (χ3v) is 2.83. The summed E-state index contributed by atoms with van der Waals surface area (Å²) in [7, 11) is 0. The third-order valence-electron chi connectivity index (χ3n) is 2.18. The van der Waals surface area contributed by atoms with Gasteiger partial charge in [0.05, 0.1) is 12.6 Å². The molecule has 4 N–H and O–H groups in total. The first-order valence-corrected chi connectivity index (χ1v) is 6.62. The van der Waals surface area contributed by atoms with Crippen molar-refractivity contribution in [2.75, 3.05) is 18.6 Å². The minimum absolute atomic E-state index is 0.0660. The van der Waals surface area contributed by atoms with Gasteiger partial charge >= 0.3 is 0 Å². The molecule has 1 atom stereocenters. The van der Waals surface area contributed by atoms with Gasteiger partial charge in [0.1, 0.15) is 0 Å². The highest BCUT2D eigenvalue weighted by molar-refractivity contribution is 7.98. The monoisotopic (exact) mass is 247 g/mol. The Kier molecular flexibility index (Phi) is 7.16. The van der Waals surface area contributed by atoms with Crippen LogP contribution in [0.2, 0.25) is 0 Å². The zero-order chi connectivity index (χ0) is 12.7. The van der Waals surface area contributed by atoms with Gasteiger partial charge in [0.25, 0.3) is 0 Å². The predicted octanol–water partition coefficient (Wildman–Crippen LogP) is -0.211. The molecule has 0 aromatic rings. The van der Waals surface area contributed by atoms with Crippen LogP contribution in [0.4, 0.5) is 0 Å². The summed E-state index contributed by atoms with van der Waals surface area (Å²) in [5, 5.41) is 0. The van der Waals surface area contributed by atoms with Crippen LogP contribution < -0.4 is 11.5 Å². The van der Waals surface area contributed by atoms with Crippen LogP contribution >= 0.6 is 11.8 Å². The van der Waals surface area contributed by atoms with Crippen molar-refractivity contribution in [2.24, 2.45) is 11.5 Å². The number of hydrogen-bond acceptors (Lipinski definition) is 4. The fourth-order valence-electron chi connectivity index (χ4n) is 1.26. The molecule has 0 saturated heterocycles. The van der Waals surface area contributed by atoms with Gasteiger partial charge in [-0.2, -0.15) is 11.8 Å². The highest BCUT2D eigenvalue weighted by atomic mass is 32.2. The van der Waals surface area contributed by atoms with Crippen LogP contribution in [0.15, 0.2) is 0 Å². The maximum Gasteiger partial charge on any atom is 0.240 e. The Morgan fingerprint density at radius 3 is 2.31 bits per heavy atom. The van der Waals surface area contributed by atoms with E-state index >= 15 is 0 Å². The average molecular weight is 247 g/mol. The van der Waals surface area contributed by atoms with E-state index in [4.69, 9.17) is 11.5 Å². The van der Waals surface area contributed by atoms with Gasteiger partial charge in [0.15, 0.2) is 0 Å². The fraction of sp³-hybridized carbons (Fsp3) is 0.800. The summed E-state index contributed by atoms with van der Waals surface area (Å²) in [6.45, 7) is 3.60. The number of rotatable bonds is 7. The van der Waals surface area contributed by atoms with Crippen LogP contribution in [-0.4, -0.2) is 47.4 Å². The van der Waals surface area contributed by atoms with E-state index in [1.54, 1.807) is 11.8 Å². The molecule has 6 heteroatoms. The Balaban J connectivity index is 4.42. The van der Waals surface area contributed by atoms with Gasteiger partial charge in [-0.3, -0.25) is 9.59 Å². The lowest BCUT2D eigenvalue weighted by Gasteiger charge is -2.28. The number of amides is 2. The van der Waals surface area contributed by atoms with Gasteiger partial charge in [0, 0.05) is 6.04 Å². The van der Waals surface area contributed by atoms with E-state index in [2.05, 4.69) is 0 Å². The Morgan fingerprint density at radius 1 is 1.38 bits per heavy atom. The van der Waals surface area contributed by atoms with Crippen molar-refractivity contribution in [1.29, 1.82) is 0 Å². The first-order chi connectivity index (χ1) is 7.40. The zero-order valence-corrected chi connectivity index (χ0v) is 10.9. The van der Waals surface area contributed by atoms with E-state index in [1.807, 2.05) is 20.1 Å². The molecule has 0 unspecified atom stereocenters. The topological polar surface area (TPSA) is 89.4 Å². The standard InChI is InChI=1S/C10H21N3O2S/c1-7(2)13(6-9(12)14)10(15)8(11)4-5-16-3/h7-8H,4-6,11H2,1-3H3,(H2,12,14)/t8-/m1/s1. The van der Waals surface area contributed by atoms with E-state index in [1.165, 1.54) is 4.90 Å². The van der Waals surface area contributed by atoms with E-state index in [0.717, 1.165) is 5.75 Å². The van der Waals surface area contributed by atoms with Crippen molar-refractivity contribution in [1.82, 2.24) is 4.90 Å². The van der Waals surface area contributed by atoms with Gasteiger partial charge < -0.3 is 16.4 Å². The van der Waals surface area contributed by atoms with Gasteiger partial charge in [-0.05, 0) is 32.3 Å². The summed E-state index contributed by atoms with van der Waals surface area (Å²) in [4.78, 5) is 24.2. The Hall–Kier alpha value is -0.750. The molecule has 0 saturated carbocycles. The molecule has 0 aliphatic heterocycles. The maximum absolute atomic E-state index is 11.9. The lowest BCUT2D eigenvalue weighted by atomic mass is 10.2. The smallest absolute Gasteiger partial charge is 0.240 e. The molecule has 0 fully saturated rings. The van der Waals surface area contributed by atoms with E-state index in [0.29, 0.717) is 6.42 Å². The van der Waals surface area contributed by atoms with Crippen molar-refractivity contribution in [2.45, 2.75) is 32.4 Å². The quantitative estimate of drug-likeness (QED) is 0.651. The van der Waals surface area contributed by atoms with Crippen LogP contribution in [0.5, 0.6) is 0 Å². The predicted molar refractivity (Wildman–Crippen MR) is 67.0 cm³/mol. The van der Waals surface area contributed by atoms with Crippen molar-refractivity contribution in [3.05, 3.63) is 0 Å². The largest absolute Gasteiger partial charge is 0.368 e. The highest BCUT2D eigenvalue weighted by Crippen LogP contribution is 2.05. The second kappa shape index (κ2) is 7.51. The van der Waals surface area contributed by atoms with Crippen LogP contribution in [0.3, 0.4) is 0 Å². The van der Waals surface area contributed by atoms with Gasteiger partial charge in [-0.15, -0.1) is 0 Å². The maximum atomic E-state index is 11.9. The zero-order valence-electron chi connectivity index (χ0n) is 10.1. The molecule has 0 rings (SSSR count). The summed E-state index contributed by atoms with van der Waals surface area (Å²) in [6, 6.07) is -0.616. The van der Waals surface area contributed by atoms with Crippen LogP contribution in [0.25, 0.3) is 0 Å². The number of carbonyl (C=O) groups excluding carboxylic acids is 2. The minimum atomic E-state index is -0.547. The molecular weight excluding hydrogens is 226 g/mol. The number of nitrogens with two attached hydrogens (primary N) is 2. The van der Waals surface area contributed by atoms with Crippen molar-refractivity contribution < 1.29 is 9.59 Å². The molecule has 94 valence electrons. The molecule has 0 spiro atoms. The Bertz CT molecular complexity index is 246. The molecule has 0 heterocycles. The van der Waals surface area contributed by atoms with Crippen molar-refractivity contribution in [3.8, 4) is 0 Å².